The summed E-state index contributed by atoms with van der Waals surface area (Å²) in [6.07, 6.45) is 0.0109. The fourth-order valence-corrected chi connectivity index (χ4v) is 5.55. The van der Waals surface area contributed by atoms with Crippen molar-refractivity contribution in [3.63, 3.8) is 0 Å². The molecule has 46 heavy (non-hydrogen) atoms. The number of methoxy groups -OCH3 is 1. The van der Waals surface area contributed by atoms with Gasteiger partial charge in [0.2, 0.25) is 5.90 Å². The molecule has 0 aliphatic carbocycles. The zero-order valence-electron chi connectivity index (χ0n) is 26.5. The van der Waals surface area contributed by atoms with E-state index in [4.69, 9.17) is 52.2 Å². The zero-order valence-corrected chi connectivity index (χ0v) is 28.0. The van der Waals surface area contributed by atoms with Crippen LogP contribution >= 0.6 is 23.2 Å². The van der Waals surface area contributed by atoms with E-state index in [0.717, 1.165) is 5.56 Å². The molecule has 2 atom stereocenters. The highest BCUT2D eigenvalue weighted by Crippen LogP contribution is 2.44. The van der Waals surface area contributed by atoms with Crippen molar-refractivity contribution >= 4 is 41.0 Å². The Bertz CT molecular complexity index is 1540. The minimum Gasteiger partial charge on any atom is -0.497 e. The van der Waals surface area contributed by atoms with Crippen molar-refractivity contribution in [1.29, 1.82) is 0 Å². The lowest BCUT2D eigenvalue weighted by Gasteiger charge is -2.31. The maximum Gasteiger partial charge on any atom is 0.306 e. The van der Waals surface area contributed by atoms with Gasteiger partial charge in [0.1, 0.15) is 17.1 Å². The van der Waals surface area contributed by atoms with Gasteiger partial charge in [-0.3, -0.25) is 9.59 Å². The topological polar surface area (TPSA) is 116 Å². The summed E-state index contributed by atoms with van der Waals surface area (Å²) in [5, 5.41) is 13.1. The van der Waals surface area contributed by atoms with Crippen LogP contribution in [-0.4, -0.2) is 60.9 Å². The molecule has 11 heteroatoms. The standard InChI is InChI=1S/C35H40Cl2N2O7/c1-34(2,3)46-30(41)15-17-35(33(42)38-18-16-23-9-12-26(36)22-29(23)37)31(25-7-5-8-28(21-25)43-4)45-32(39-35)24-10-13-27(14-11-24)44-20-6-19-40/h5,7-14,21-22,31,40H,6,15-20H2,1-4H3,(H,38,42)/t31-,35-/m1/s1. The Labute approximate surface area is 279 Å². The maximum atomic E-state index is 14.3. The summed E-state index contributed by atoms with van der Waals surface area (Å²) in [5.41, 5.74) is -0.118. The number of carbonyl (C=O) groups is 2. The highest BCUT2D eigenvalue weighted by molar-refractivity contribution is 6.35. The van der Waals surface area contributed by atoms with Gasteiger partial charge >= 0.3 is 5.97 Å². The van der Waals surface area contributed by atoms with Gasteiger partial charge in [-0.05, 0) is 93.3 Å². The zero-order chi connectivity index (χ0) is 33.3. The largest absolute Gasteiger partial charge is 0.497 e. The molecular formula is C35H40Cl2N2O7. The van der Waals surface area contributed by atoms with E-state index in [1.165, 1.54) is 0 Å². The molecule has 1 aliphatic rings. The summed E-state index contributed by atoms with van der Waals surface area (Å²) >= 11 is 12.4. The van der Waals surface area contributed by atoms with Gasteiger partial charge in [-0.1, -0.05) is 41.4 Å². The van der Waals surface area contributed by atoms with Crippen LogP contribution in [0.15, 0.2) is 71.7 Å². The quantitative estimate of drug-likeness (QED) is 0.149. The van der Waals surface area contributed by atoms with Crippen LogP contribution in [0.1, 0.15) is 62.8 Å². The third-order valence-electron chi connectivity index (χ3n) is 7.25. The lowest BCUT2D eigenvalue weighted by molar-refractivity contribution is -0.155. The van der Waals surface area contributed by atoms with Crippen molar-refractivity contribution < 1.29 is 33.6 Å². The van der Waals surface area contributed by atoms with E-state index in [1.54, 1.807) is 76.4 Å². The molecule has 3 aromatic carbocycles. The number of nitrogens with one attached hydrogen (secondary N) is 1. The predicted octanol–water partition coefficient (Wildman–Crippen LogP) is 6.50. The Balaban J connectivity index is 1.70. The minimum absolute atomic E-state index is 0.0170. The lowest BCUT2D eigenvalue weighted by atomic mass is 9.83. The van der Waals surface area contributed by atoms with Crippen LogP contribution in [0.2, 0.25) is 10.0 Å². The molecule has 9 nitrogen and oxygen atoms in total. The van der Waals surface area contributed by atoms with Crippen LogP contribution in [0, 0.1) is 0 Å². The second-order valence-electron chi connectivity index (χ2n) is 11.9. The first kappa shape index (κ1) is 35.1. The van der Waals surface area contributed by atoms with Crippen molar-refractivity contribution in [2.24, 2.45) is 4.99 Å². The van der Waals surface area contributed by atoms with Crippen LogP contribution in [-0.2, 0) is 25.5 Å². The molecule has 0 saturated carbocycles. The van der Waals surface area contributed by atoms with Gasteiger partial charge in [0.05, 0.1) is 13.7 Å². The fraction of sp³-hybridized carbons (Fsp3) is 0.400. The van der Waals surface area contributed by atoms with Crippen LogP contribution in [0.5, 0.6) is 11.5 Å². The number of carbonyl (C=O) groups excluding carboxylic acids is 2. The second-order valence-corrected chi connectivity index (χ2v) is 12.7. The number of rotatable bonds is 14. The Hall–Kier alpha value is -3.79. The van der Waals surface area contributed by atoms with Crippen LogP contribution in [0.3, 0.4) is 0 Å². The number of nitrogens with zero attached hydrogens (tertiary/aromatic N) is 1. The predicted molar refractivity (Wildman–Crippen MR) is 178 cm³/mol. The molecular weight excluding hydrogens is 631 g/mol. The van der Waals surface area contributed by atoms with Gasteiger partial charge < -0.3 is 29.4 Å². The molecule has 1 heterocycles. The number of esters is 1. The third kappa shape index (κ3) is 9.15. The number of amides is 1. The number of aliphatic imine (C=N–C) groups is 1. The maximum absolute atomic E-state index is 14.3. The Morgan fingerprint density at radius 1 is 1.04 bits per heavy atom. The summed E-state index contributed by atoms with van der Waals surface area (Å²) in [7, 11) is 1.56. The molecule has 3 aromatic rings. The van der Waals surface area contributed by atoms with Gasteiger partial charge in [-0.25, -0.2) is 4.99 Å². The molecule has 0 radical (unpaired) electrons. The summed E-state index contributed by atoms with van der Waals surface area (Å²) < 4.78 is 23.3. The molecule has 0 fully saturated rings. The van der Waals surface area contributed by atoms with Crippen molar-refractivity contribution in [3.05, 3.63) is 93.5 Å². The van der Waals surface area contributed by atoms with Crippen LogP contribution in [0.25, 0.3) is 0 Å². The average molecular weight is 672 g/mol. The lowest BCUT2D eigenvalue weighted by Crippen LogP contribution is -2.49. The van der Waals surface area contributed by atoms with Crippen LogP contribution < -0.4 is 14.8 Å². The van der Waals surface area contributed by atoms with E-state index in [1.807, 2.05) is 18.2 Å². The number of ether oxygens (including phenoxy) is 4. The summed E-state index contributed by atoms with van der Waals surface area (Å²) in [6.45, 7) is 6.04. The average Bonchev–Trinajstić information content (AvgIpc) is 3.42. The van der Waals surface area contributed by atoms with Crippen molar-refractivity contribution in [3.8, 4) is 11.5 Å². The summed E-state index contributed by atoms with van der Waals surface area (Å²) in [5.74, 6) is 0.584. The van der Waals surface area contributed by atoms with Crippen molar-refractivity contribution in [2.75, 3.05) is 26.9 Å². The summed E-state index contributed by atoms with van der Waals surface area (Å²) in [6, 6.07) is 19.6. The van der Waals surface area contributed by atoms with E-state index >= 15 is 0 Å². The second kappa shape index (κ2) is 15.7. The Kier molecular flexibility index (Phi) is 11.9. The molecule has 4 rings (SSSR count). The number of benzene rings is 3. The molecule has 0 aromatic heterocycles. The SMILES string of the molecule is COc1cccc([C@H]2OC(c3ccc(OCCCO)cc3)=N[C@@]2(CCC(=O)OC(C)(C)C)C(=O)NCCc2ccc(Cl)cc2Cl)c1. The first-order chi connectivity index (χ1) is 21.9. The first-order valence-electron chi connectivity index (χ1n) is 15.1. The monoisotopic (exact) mass is 670 g/mol. The van der Waals surface area contributed by atoms with Gasteiger partial charge in [-0.2, -0.15) is 0 Å². The van der Waals surface area contributed by atoms with E-state index in [-0.39, 0.29) is 31.9 Å². The van der Waals surface area contributed by atoms with E-state index in [0.29, 0.717) is 52.1 Å². The number of aliphatic hydroxyl groups is 1. The number of hydrogen-bond donors (Lipinski definition) is 2. The number of hydrogen-bond acceptors (Lipinski definition) is 8. The molecule has 1 amide bonds. The highest BCUT2D eigenvalue weighted by atomic mass is 35.5. The molecule has 2 N–H and O–H groups in total. The number of aliphatic hydroxyl groups excluding tert-OH is 1. The van der Waals surface area contributed by atoms with E-state index in [2.05, 4.69) is 5.32 Å². The molecule has 0 unspecified atom stereocenters. The van der Waals surface area contributed by atoms with Gasteiger partial charge in [0.15, 0.2) is 11.6 Å². The molecule has 246 valence electrons. The van der Waals surface area contributed by atoms with Crippen molar-refractivity contribution in [1.82, 2.24) is 5.32 Å². The van der Waals surface area contributed by atoms with E-state index in [9.17, 15) is 9.59 Å². The van der Waals surface area contributed by atoms with E-state index < -0.39 is 29.1 Å². The van der Waals surface area contributed by atoms with Gasteiger partial charge in [0.25, 0.3) is 5.91 Å². The normalized spacial score (nSPS) is 17.5. The minimum atomic E-state index is -1.53. The molecule has 1 aliphatic heterocycles. The number of halogens is 2. The molecule has 0 spiro atoms. The third-order valence-corrected chi connectivity index (χ3v) is 7.84. The smallest absolute Gasteiger partial charge is 0.306 e. The van der Waals surface area contributed by atoms with Gasteiger partial charge in [0, 0.05) is 41.6 Å². The first-order valence-corrected chi connectivity index (χ1v) is 15.9. The Morgan fingerprint density at radius 3 is 2.48 bits per heavy atom. The van der Waals surface area contributed by atoms with Crippen molar-refractivity contribution in [2.45, 2.75) is 63.7 Å². The highest BCUT2D eigenvalue weighted by Gasteiger charge is 2.53. The van der Waals surface area contributed by atoms with Gasteiger partial charge in [-0.15, -0.1) is 0 Å². The Morgan fingerprint density at radius 2 is 1.80 bits per heavy atom. The fourth-order valence-electron chi connectivity index (χ4n) is 5.05. The van der Waals surface area contributed by atoms with Crippen LogP contribution in [0.4, 0.5) is 0 Å². The molecule has 0 saturated heterocycles. The summed E-state index contributed by atoms with van der Waals surface area (Å²) in [4.78, 5) is 32.2. The molecule has 0 bridgehead atoms.